The highest BCUT2D eigenvalue weighted by Gasteiger charge is 2.56. The molecule has 0 bridgehead atoms. The maximum absolute atomic E-state index is 11.2. The quantitative estimate of drug-likeness (QED) is 0.699. The van der Waals surface area contributed by atoms with E-state index in [1.807, 2.05) is 0 Å². The smallest absolute Gasteiger partial charge is 0.0610 e. The van der Waals surface area contributed by atoms with E-state index in [1.165, 1.54) is 5.57 Å². The van der Waals surface area contributed by atoms with Crippen molar-refractivity contribution in [3.05, 3.63) is 12.2 Å². The van der Waals surface area contributed by atoms with E-state index in [1.54, 1.807) is 0 Å². The molecule has 7 atom stereocenters. The molecule has 3 saturated carbocycles. The molecule has 23 heavy (non-hydrogen) atoms. The largest absolute Gasteiger partial charge is 0.396 e. The van der Waals surface area contributed by atoms with E-state index in [-0.39, 0.29) is 35.6 Å². The fourth-order valence-electron chi connectivity index (χ4n) is 6.22. The molecule has 0 heterocycles. The highest BCUT2D eigenvalue weighted by atomic mass is 16.3. The van der Waals surface area contributed by atoms with Gasteiger partial charge in [0.1, 0.15) is 0 Å². The lowest BCUT2D eigenvalue weighted by molar-refractivity contribution is -0.121. The third-order valence-corrected chi connectivity index (χ3v) is 8.01. The highest BCUT2D eigenvalue weighted by molar-refractivity contribution is 5.21. The molecule has 0 spiro atoms. The zero-order valence-electron chi connectivity index (χ0n) is 14.8. The van der Waals surface area contributed by atoms with E-state index in [0.29, 0.717) is 11.8 Å². The second kappa shape index (κ2) is 6.16. The van der Waals surface area contributed by atoms with Gasteiger partial charge in [0.15, 0.2) is 0 Å². The molecule has 0 aromatic rings. The normalized spacial score (nSPS) is 50.8. The Bertz CT molecular complexity index is 462. The van der Waals surface area contributed by atoms with Gasteiger partial charge in [0, 0.05) is 6.61 Å². The molecule has 0 aromatic carbocycles. The lowest BCUT2D eigenvalue weighted by atomic mass is 9.51. The van der Waals surface area contributed by atoms with Crippen molar-refractivity contribution < 1.29 is 15.3 Å². The van der Waals surface area contributed by atoms with E-state index in [9.17, 15) is 15.3 Å². The summed E-state index contributed by atoms with van der Waals surface area (Å²) in [5.74, 6) is 0.938. The second-order valence-corrected chi connectivity index (χ2v) is 8.95. The van der Waals surface area contributed by atoms with Crippen LogP contribution < -0.4 is 0 Å². The molecule has 3 rings (SSSR count). The lowest BCUT2D eigenvalue weighted by Crippen LogP contribution is -2.52. The fraction of sp³-hybridized carbons (Fsp3) is 0.900. The van der Waals surface area contributed by atoms with Gasteiger partial charge in [-0.2, -0.15) is 0 Å². The Morgan fingerprint density at radius 3 is 2.52 bits per heavy atom. The molecular formula is C20H34O3. The van der Waals surface area contributed by atoms with Crippen LogP contribution in [0.1, 0.15) is 65.2 Å². The van der Waals surface area contributed by atoms with Crippen LogP contribution in [0.2, 0.25) is 0 Å². The van der Waals surface area contributed by atoms with Crippen molar-refractivity contribution in [2.75, 3.05) is 6.61 Å². The Hall–Kier alpha value is -0.380. The van der Waals surface area contributed by atoms with Gasteiger partial charge in [0.2, 0.25) is 0 Å². The molecule has 3 nitrogen and oxygen atoms in total. The summed E-state index contributed by atoms with van der Waals surface area (Å²) in [4.78, 5) is 0. The second-order valence-electron chi connectivity index (χ2n) is 8.95. The van der Waals surface area contributed by atoms with Crippen LogP contribution in [0, 0.1) is 28.6 Å². The van der Waals surface area contributed by atoms with Crippen LogP contribution in [0.25, 0.3) is 0 Å². The van der Waals surface area contributed by atoms with Crippen molar-refractivity contribution in [1.82, 2.24) is 0 Å². The Morgan fingerprint density at radius 2 is 1.83 bits per heavy atom. The summed E-state index contributed by atoms with van der Waals surface area (Å²) < 4.78 is 0. The number of hydrogen-bond acceptors (Lipinski definition) is 3. The lowest BCUT2D eigenvalue weighted by Gasteiger charge is -2.55. The average Bonchev–Trinajstić information content (AvgIpc) is 2.80. The van der Waals surface area contributed by atoms with Gasteiger partial charge in [0.05, 0.1) is 12.2 Å². The molecule has 3 fully saturated rings. The van der Waals surface area contributed by atoms with Crippen molar-refractivity contribution in [2.45, 2.75) is 77.4 Å². The summed E-state index contributed by atoms with van der Waals surface area (Å²) >= 11 is 0. The molecule has 0 amide bonds. The van der Waals surface area contributed by atoms with Crippen LogP contribution in [0.3, 0.4) is 0 Å². The van der Waals surface area contributed by atoms with Crippen molar-refractivity contribution in [3.63, 3.8) is 0 Å². The molecule has 3 N–H and O–H groups in total. The van der Waals surface area contributed by atoms with Gasteiger partial charge in [-0.15, -0.1) is 0 Å². The summed E-state index contributed by atoms with van der Waals surface area (Å²) in [5, 5.41) is 30.8. The third kappa shape index (κ3) is 2.69. The summed E-state index contributed by atoms with van der Waals surface area (Å²) in [7, 11) is 0. The number of fused-ring (bicyclic) bond motifs is 1. The Balaban J connectivity index is 1.84. The summed E-state index contributed by atoms with van der Waals surface area (Å²) in [5.41, 5.74) is 1.48. The maximum Gasteiger partial charge on any atom is 0.0610 e. The molecule has 3 aliphatic rings. The zero-order chi connectivity index (χ0) is 16.8. The minimum absolute atomic E-state index is 0.0344. The van der Waals surface area contributed by atoms with Gasteiger partial charge in [-0.1, -0.05) is 26.0 Å². The zero-order valence-corrected chi connectivity index (χ0v) is 14.8. The predicted molar refractivity (Wildman–Crippen MR) is 91.9 cm³/mol. The van der Waals surface area contributed by atoms with Crippen LogP contribution in [0.5, 0.6) is 0 Å². The van der Waals surface area contributed by atoms with Gasteiger partial charge >= 0.3 is 0 Å². The van der Waals surface area contributed by atoms with Crippen molar-refractivity contribution >= 4 is 0 Å². The van der Waals surface area contributed by atoms with Crippen LogP contribution in [-0.4, -0.2) is 34.1 Å². The molecule has 0 unspecified atom stereocenters. The Labute approximate surface area is 140 Å². The van der Waals surface area contributed by atoms with Crippen molar-refractivity contribution in [1.29, 1.82) is 0 Å². The van der Waals surface area contributed by atoms with Crippen molar-refractivity contribution in [3.8, 4) is 0 Å². The number of hydrogen-bond donors (Lipinski definition) is 3. The minimum Gasteiger partial charge on any atom is -0.396 e. The van der Waals surface area contributed by atoms with Gasteiger partial charge < -0.3 is 15.3 Å². The van der Waals surface area contributed by atoms with Gasteiger partial charge in [-0.05, 0) is 80.0 Å². The third-order valence-electron chi connectivity index (χ3n) is 8.01. The molecule has 0 aromatic heterocycles. The van der Waals surface area contributed by atoms with E-state index < -0.39 is 0 Å². The first-order chi connectivity index (χ1) is 10.8. The maximum atomic E-state index is 11.2. The minimum atomic E-state index is -0.269. The van der Waals surface area contributed by atoms with Crippen LogP contribution in [-0.2, 0) is 0 Å². The summed E-state index contributed by atoms with van der Waals surface area (Å²) in [6.45, 7) is 9.05. The predicted octanol–water partition coefficient (Wildman–Crippen LogP) is 3.28. The first-order valence-electron chi connectivity index (χ1n) is 9.48. The molecule has 0 radical (unpaired) electrons. The first-order valence-corrected chi connectivity index (χ1v) is 9.48. The molecule has 3 heteroatoms. The highest BCUT2D eigenvalue weighted by Crippen LogP contribution is 2.61. The van der Waals surface area contributed by atoms with E-state index in [0.717, 1.165) is 51.4 Å². The van der Waals surface area contributed by atoms with Crippen LogP contribution in [0.15, 0.2) is 12.2 Å². The number of allylic oxidation sites excluding steroid dienone is 1. The summed E-state index contributed by atoms with van der Waals surface area (Å²) in [6.07, 6.45) is 7.09. The number of aliphatic hydroxyl groups is 3. The van der Waals surface area contributed by atoms with Crippen molar-refractivity contribution in [2.24, 2.45) is 28.6 Å². The van der Waals surface area contributed by atoms with Gasteiger partial charge in [-0.25, -0.2) is 0 Å². The number of aliphatic hydroxyl groups excluding tert-OH is 3. The van der Waals surface area contributed by atoms with Crippen LogP contribution in [0.4, 0.5) is 0 Å². The SMILES string of the molecule is C=C1CC[C@H]2[C@H](O)[C@@H]([C@@]3(C)CC[C@H](O)C[C@@H]3CCO)CC[C@]12C. The Kier molecular flexibility index (Phi) is 4.67. The fourth-order valence-corrected chi connectivity index (χ4v) is 6.22. The van der Waals surface area contributed by atoms with Crippen LogP contribution >= 0.6 is 0 Å². The summed E-state index contributed by atoms with van der Waals surface area (Å²) in [6, 6.07) is 0. The number of rotatable bonds is 3. The van der Waals surface area contributed by atoms with Gasteiger partial charge in [-0.3, -0.25) is 0 Å². The van der Waals surface area contributed by atoms with E-state index in [2.05, 4.69) is 20.4 Å². The van der Waals surface area contributed by atoms with Gasteiger partial charge in [0.25, 0.3) is 0 Å². The molecule has 0 aliphatic heterocycles. The molecule has 0 saturated heterocycles. The molecule has 132 valence electrons. The average molecular weight is 322 g/mol. The van der Waals surface area contributed by atoms with E-state index in [4.69, 9.17) is 0 Å². The first kappa shape index (κ1) is 17.4. The molecule has 3 aliphatic carbocycles. The van der Waals surface area contributed by atoms with E-state index >= 15 is 0 Å². The standard InChI is InChI=1S/C20H34O3/c1-13-4-5-16-18(23)17(7-10-19(13,16)2)20(3)9-6-15(22)12-14(20)8-11-21/h14-18,21-23H,1,4-12H2,2-3H3/t14-,15-,16-,17-,18-,19+,20-/m0/s1. The molecular weight excluding hydrogens is 288 g/mol. The Morgan fingerprint density at radius 1 is 1.09 bits per heavy atom. The topological polar surface area (TPSA) is 60.7 Å². The monoisotopic (exact) mass is 322 g/mol.